The van der Waals surface area contributed by atoms with Crippen LogP contribution in [-0.4, -0.2) is 20.3 Å². The maximum absolute atomic E-state index is 13.1. The Balaban J connectivity index is 1.65. The number of hydrogen-bond acceptors (Lipinski definition) is 3. The van der Waals surface area contributed by atoms with Crippen molar-refractivity contribution in [1.29, 1.82) is 0 Å². The molecule has 1 fully saturated rings. The first-order chi connectivity index (χ1) is 13.7. The Morgan fingerprint density at radius 1 is 1.21 bits per heavy atom. The van der Waals surface area contributed by atoms with Crippen LogP contribution in [0.3, 0.4) is 0 Å². The Bertz CT molecular complexity index is 1100. The first kappa shape index (κ1) is 19.6. The van der Waals surface area contributed by atoms with E-state index in [-0.39, 0.29) is 17.6 Å². The minimum atomic E-state index is -4.37. The van der Waals surface area contributed by atoms with E-state index in [0.717, 1.165) is 24.5 Å². The van der Waals surface area contributed by atoms with Crippen LogP contribution in [0.25, 0.3) is 5.65 Å². The molecule has 0 amide bonds. The zero-order valence-electron chi connectivity index (χ0n) is 16.3. The molecule has 0 N–H and O–H groups in total. The van der Waals surface area contributed by atoms with Gasteiger partial charge in [-0.15, -0.1) is 0 Å². The third-order valence-electron chi connectivity index (χ3n) is 5.41. The molecule has 1 saturated carbocycles. The Kier molecular flexibility index (Phi) is 4.94. The van der Waals surface area contributed by atoms with Gasteiger partial charge in [0.1, 0.15) is 5.65 Å². The van der Waals surface area contributed by atoms with E-state index in [1.807, 2.05) is 19.9 Å². The Morgan fingerprint density at radius 3 is 2.66 bits per heavy atom. The third-order valence-corrected chi connectivity index (χ3v) is 5.41. The Morgan fingerprint density at radius 2 is 1.97 bits per heavy atom. The first-order valence-electron chi connectivity index (χ1n) is 9.64. The molecule has 152 valence electrons. The summed E-state index contributed by atoms with van der Waals surface area (Å²) in [6.07, 6.45) is -0.630. The highest BCUT2D eigenvalue weighted by molar-refractivity contribution is 5.40. The van der Waals surface area contributed by atoms with Crippen molar-refractivity contribution in [3.63, 3.8) is 0 Å². The lowest BCUT2D eigenvalue weighted by molar-refractivity contribution is -0.137. The molecule has 7 heteroatoms. The van der Waals surface area contributed by atoms with Crippen LogP contribution in [0.15, 0.2) is 53.5 Å². The lowest BCUT2D eigenvalue weighted by Gasteiger charge is -2.29. The summed E-state index contributed by atoms with van der Waals surface area (Å²) in [5.74, 6) is 0. The molecule has 0 bridgehead atoms. The minimum Gasteiger partial charge on any atom is -0.288 e. The lowest BCUT2D eigenvalue weighted by Crippen LogP contribution is -2.30. The summed E-state index contributed by atoms with van der Waals surface area (Å²) in [5.41, 5.74) is 1.98. The van der Waals surface area contributed by atoms with Crippen molar-refractivity contribution in [1.82, 2.24) is 14.3 Å². The molecule has 0 saturated heterocycles. The molecule has 4 rings (SSSR count). The highest BCUT2D eigenvalue weighted by Gasteiger charge is 2.35. The van der Waals surface area contributed by atoms with Crippen LogP contribution in [0.1, 0.15) is 48.2 Å². The second kappa shape index (κ2) is 7.30. The molecule has 2 heterocycles. The SMILES string of the molecule is Cc1ccc2nc(CN(C3CC3)[C@@H](C)c3cccc(C(F)(F)F)c3)cc(=O)n2c1. The molecule has 1 aliphatic rings. The van der Waals surface area contributed by atoms with Crippen LogP contribution in [0.2, 0.25) is 0 Å². The van der Waals surface area contributed by atoms with Gasteiger partial charge in [-0.05, 0) is 56.0 Å². The standard InChI is InChI=1S/C22H22F3N3O/c1-14-6-9-20-26-18(11-21(29)28(20)12-14)13-27(19-7-8-19)15(2)16-4-3-5-17(10-16)22(23,24)25/h3-6,9-12,15,19H,7-8,13H2,1-2H3/t15-/m0/s1. The van der Waals surface area contributed by atoms with Gasteiger partial charge in [-0.25, -0.2) is 4.98 Å². The number of hydrogen-bond donors (Lipinski definition) is 0. The Labute approximate surface area is 166 Å². The van der Waals surface area contributed by atoms with Gasteiger partial charge in [-0.1, -0.05) is 18.2 Å². The average molecular weight is 401 g/mol. The van der Waals surface area contributed by atoms with Gasteiger partial charge >= 0.3 is 6.18 Å². The van der Waals surface area contributed by atoms with Crippen LogP contribution in [0.5, 0.6) is 0 Å². The summed E-state index contributed by atoms with van der Waals surface area (Å²) >= 11 is 0. The Hall–Kier alpha value is -2.67. The number of fused-ring (bicyclic) bond motifs is 1. The topological polar surface area (TPSA) is 37.6 Å². The first-order valence-corrected chi connectivity index (χ1v) is 9.64. The number of alkyl halides is 3. The van der Waals surface area contributed by atoms with Crippen molar-refractivity contribution in [3.8, 4) is 0 Å². The molecule has 2 aromatic heterocycles. The maximum Gasteiger partial charge on any atom is 0.416 e. The van der Waals surface area contributed by atoms with Gasteiger partial charge in [-0.3, -0.25) is 14.1 Å². The van der Waals surface area contributed by atoms with Crippen molar-refractivity contribution < 1.29 is 13.2 Å². The van der Waals surface area contributed by atoms with Gasteiger partial charge < -0.3 is 0 Å². The predicted molar refractivity (Wildman–Crippen MR) is 105 cm³/mol. The van der Waals surface area contributed by atoms with Crippen molar-refractivity contribution >= 4 is 5.65 Å². The smallest absolute Gasteiger partial charge is 0.288 e. The van der Waals surface area contributed by atoms with Crippen LogP contribution < -0.4 is 5.56 Å². The van der Waals surface area contributed by atoms with Gasteiger partial charge in [0.25, 0.3) is 5.56 Å². The van der Waals surface area contributed by atoms with Crippen LogP contribution in [0.4, 0.5) is 13.2 Å². The van der Waals surface area contributed by atoms with E-state index in [1.54, 1.807) is 18.3 Å². The van der Waals surface area contributed by atoms with Crippen LogP contribution in [-0.2, 0) is 12.7 Å². The molecule has 1 aliphatic carbocycles. The molecule has 4 nitrogen and oxygen atoms in total. The molecule has 1 atom stereocenters. The zero-order valence-corrected chi connectivity index (χ0v) is 16.3. The van der Waals surface area contributed by atoms with Crippen molar-refractivity contribution in [2.45, 2.75) is 51.5 Å². The number of rotatable bonds is 5. The third kappa shape index (κ3) is 4.19. The minimum absolute atomic E-state index is 0.156. The van der Waals surface area contributed by atoms with Crippen molar-refractivity contribution in [2.24, 2.45) is 0 Å². The number of aryl methyl sites for hydroxylation is 1. The van der Waals surface area contributed by atoms with Gasteiger partial charge in [0.05, 0.1) is 11.3 Å². The zero-order chi connectivity index (χ0) is 20.8. The van der Waals surface area contributed by atoms with E-state index < -0.39 is 11.7 Å². The second-order valence-electron chi connectivity index (χ2n) is 7.72. The molecule has 0 unspecified atom stereocenters. The lowest BCUT2D eigenvalue weighted by atomic mass is 10.0. The average Bonchev–Trinajstić information content (AvgIpc) is 3.51. The van der Waals surface area contributed by atoms with Gasteiger partial charge in [0.2, 0.25) is 0 Å². The molecule has 1 aromatic carbocycles. The van der Waals surface area contributed by atoms with E-state index >= 15 is 0 Å². The summed E-state index contributed by atoms with van der Waals surface area (Å²) in [7, 11) is 0. The number of pyridine rings is 1. The highest BCUT2D eigenvalue weighted by Crippen LogP contribution is 2.37. The molecule has 0 spiro atoms. The fraction of sp³-hybridized carbons (Fsp3) is 0.364. The van der Waals surface area contributed by atoms with Crippen molar-refractivity contribution in [3.05, 3.63) is 81.4 Å². The van der Waals surface area contributed by atoms with E-state index in [9.17, 15) is 18.0 Å². The quantitative estimate of drug-likeness (QED) is 0.619. The molecule has 0 aliphatic heterocycles. The van der Waals surface area contributed by atoms with Gasteiger partial charge in [0, 0.05) is 30.9 Å². The largest absolute Gasteiger partial charge is 0.416 e. The summed E-state index contributed by atoms with van der Waals surface area (Å²) < 4.78 is 40.8. The second-order valence-corrected chi connectivity index (χ2v) is 7.72. The summed E-state index contributed by atoms with van der Waals surface area (Å²) in [4.78, 5) is 19.2. The van der Waals surface area contributed by atoms with Crippen LogP contribution >= 0.6 is 0 Å². The molecule has 3 aromatic rings. The maximum atomic E-state index is 13.1. The molecular weight excluding hydrogens is 379 g/mol. The fourth-order valence-corrected chi connectivity index (χ4v) is 3.68. The summed E-state index contributed by atoms with van der Waals surface area (Å²) in [6.45, 7) is 4.23. The molecule has 0 radical (unpaired) electrons. The van der Waals surface area contributed by atoms with Crippen molar-refractivity contribution in [2.75, 3.05) is 0 Å². The molecule has 29 heavy (non-hydrogen) atoms. The molecular formula is C22H22F3N3O. The fourth-order valence-electron chi connectivity index (χ4n) is 3.68. The van der Waals surface area contributed by atoms with Gasteiger partial charge in [0.15, 0.2) is 0 Å². The number of nitrogens with zero attached hydrogens (tertiary/aromatic N) is 3. The van der Waals surface area contributed by atoms with E-state index in [2.05, 4.69) is 9.88 Å². The summed E-state index contributed by atoms with van der Waals surface area (Å²) in [6, 6.07) is 10.8. The van der Waals surface area contributed by atoms with E-state index in [4.69, 9.17) is 0 Å². The number of halogens is 3. The highest BCUT2D eigenvalue weighted by atomic mass is 19.4. The number of aromatic nitrogens is 2. The van der Waals surface area contributed by atoms with Gasteiger partial charge in [-0.2, -0.15) is 13.2 Å². The normalized spacial score (nSPS) is 15.8. The number of benzene rings is 1. The monoisotopic (exact) mass is 401 g/mol. The van der Waals surface area contributed by atoms with E-state index in [0.29, 0.717) is 23.4 Å². The predicted octanol–water partition coefficient (Wildman–Crippen LogP) is 4.75. The van der Waals surface area contributed by atoms with Crippen LogP contribution in [0, 0.1) is 6.92 Å². The van der Waals surface area contributed by atoms with E-state index in [1.165, 1.54) is 22.6 Å². The summed E-state index contributed by atoms with van der Waals surface area (Å²) in [5, 5.41) is 0.